The van der Waals surface area contributed by atoms with E-state index < -0.39 is 17.4 Å². The molecule has 5 rings (SSSR count). The van der Waals surface area contributed by atoms with Crippen LogP contribution in [0.3, 0.4) is 0 Å². The molecule has 10 heteroatoms. The molecule has 0 spiro atoms. The molecule has 1 N–H and O–H groups in total. The van der Waals surface area contributed by atoms with Gasteiger partial charge in [0.1, 0.15) is 17.1 Å². The van der Waals surface area contributed by atoms with E-state index in [9.17, 15) is 23.1 Å². The van der Waals surface area contributed by atoms with Crippen molar-refractivity contribution in [2.45, 2.75) is 29.7 Å². The van der Waals surface area contributed by atoms with E-state index in [-0.39, 0.29) is 46.9 Å². The van der Waals surface area contributed by atoms with Crippen LogP contribution in [-0.2, 0) is 6.18 Å². The normalized spacial score (nSPS) is 17.3. The number of hydrogen-bond acceptors (Lipinski definition) is 7. The van der Waals surface area contributed by atoms with Crippen LogP contribution in [0.5, 0.6) is 17.2 Å². The summed E-state index contributed by atoms with van der Waals surface area (Å²) in [5, 5.41) is 10.1. The van der Waals surface area contributed by atoms with E-state index in [0.717, 1.165) is 17.7 Å². The monoisotopic (exact) mass is 475 g/mol. The quantitative estimate of drug-likeness (QED) is 0.508. The van der Waals surface area contributed by atoms with Gasteiger partial charge in [0.05, 0.1) is 17.0 Å². The molecule has 0 bridgehead atoms. The van der Waals surface area contributed by atoms with E-state index in [1.54, 1.807) is 12.1 Å². The molecule has 1 atom stereocenters. The lowest BCUT2D eigenvalue weighted by atomic mass is 10.0. The molecule has 0 radical (unpaired) electrons. The summed E-state index contributed by atoms with van der Waals surface area (Å²) >= 11 is 1.32. The predicted octanol–water partition coefficient (Wildman–Crippen LogP) is 5.76. The zero-order valence-corrected chi connectivity index (χ0v) is 17.9. The van der Waals surface area contributed by atoms with Gasteiger partial charge < -0.3 is 19.0 Å². The highest BCUT2D eigenvalue weighted by Crippen LogP contribution is 2.48. The number of aliphatic imine (C=N–C) groups is 1. The number of thioether (sulfide) groups is 1. The Morgan fingerprint density at radius 2 is 1.88 bits per heavy atom. The molecule has 33 heavy (non-hydrogen) atoms. The Morgan fingerprint density at radius 3 is 2.64 bits per heavy atom. The van der Waals surface area contributed by atoms with Crippen molar-refractivity contribution in [3.63, 3.8) is 0 Å². The third-order valence-electron chi connectivity index (χ3n) is 5.30. The largest absolute Gasteiger partial charge is 0.507 e. The molecule has 3 aromatic rings. The third-order valence-corrected chi connectivity index (χ3v) is 6.62. The van der Waals surface area contributed by atoms with Crippen molar-refractivity contribution in [2.24, 2.45) is 4.99 Å². The maximum atomic E-state index is 13.3. The van der Waals surface area contributed by atoms with Gasteiger partial charge in [-0.15, -0.1) is 11.8 Å². The van der Waals surface area contributed by atoms with E-state index in [2.05, 4.69) is 4.99 Å². The molecule has 6 nitrogen and oxygen atoms in total. The number of rotatable bonds is 2. The molecule has 2 aromatic carbocycles. The van der Waals surface area contributed by atoms with Gasteiger partial charge in [-0.3, -0.25) is 4.99 Å². The van der Waals surface area contributed by atoms with Crippen LogP contribution in [0.2, 0.25) is 0 Å². The molecular weight excluding hydrogens is 459 g/mol. The van der Waals surface area contributed by atoms with Gasteiger partial charge in [0.2, 0.25) is 6.79 Å². The molecule has 1 aromatic heterocycles. The molecule has 0 saturated heterocycles. The van der Waals surface area contributed by atoms with Crippen molar-refractivity contribution >= 4 is 23.2 Å². The molecule has 3 heterocycles. The minimum Gasteiger partial charge on any atom is -0.507 e. The molecular formula is C23H16F3NO5S. The molecule has 170 valence electrons. The first-order valence-electron chi connectivity index (χ1n) is 9.88. The molecule has 0 amide bonds. The molecule has 0 aliphatic carbocycles. The highest BCUT2D eigenvalue weighted by molar-refractivity contribution is 7.99. The maximum Gasteiger partial charge on any atom is 0.416 e. The first kappa shape index (κ1) is 21.4. The van der Waals surface area contributed by atoms with E-state index >= 15 is 0 Å². The highest BCUT2D eigenvalue weighted by atomic mass is 32.2. The summed E-state index contributed by atoms with van der Waals surface area (Å²) in [5.74, 6) is 1.02. The van der Waals surface area contributed by atoms with Crippen LogP contribution in [0.25, 0.3) is 0 Å². The summed E-state index contributed by atoms with van der Waals surface area (Å²) in [6.45, 7) is 1.61. The van der Waals surface area contributed by atoms with Crippen molar-refractivity contribution in [3.05, 3.63) is 75.3 Å². The number of fused-ring (bicyclic) bond motifs is 2. The summed E-state index contributed by atoms with van der Waals surface area (Å²) in [6, 6.07) is 9.97. The number of hydrogen-bond donors (Lipinski definition) is 1. The van der Waals surface area contributed by atoms with Gasteiger partial charge >= 0.3 is 11.8 Å². The second-order valence-corrected chi connectivity index (χ2v) is 8.81. The van der Waals surface area contributed by atoms with Gasteiger partial charge in [0.15, 0.2) is 11.5 Å². The summed E-state index contributed by atoms with van der Waals surface area (Å²) in [4.78, 5) is 17.5. The first-order valence-corrected chi connectivity index (χ1v) is 10.8. The van der Waals surface area contributed by atoms with Crippen LogP contribution in [-0.4, -0.2) is 17.6 Å². The first-order chi connectivity index (χ1) is 15.7. The minimum absolute atomic E-state index is 0.0624. The third kappa shape index (κ3) is 4.06. The van der Waals surface area contributed by atoms with Gasteiger partial charge in [0, 0.05) is 22.6 Å². The van der Waals surface area contributed by atoms with E-state index in [1.807, 2.05) is 6.07 Å². The smallest absolute Gasteiger partial charge is 0.416 e. The SMILES string of the molecule is Cc1cc(O)c(C2=Nc3cc(C(F)(F)F)ccc3SC(c3ccc4c(c3)OCO4)C2)c(=O)o1. The van der Waals surface area contributed by atoms with E-state index in [0.29, 0.717) is 16.4 Å². The lowest BCUT2D eigenvalue weighted by Crippen LogP contribution is -2.17. The van der Waals surface area contributed by atoms with E-state index in [1.165, 1.54) is 30.8 Å². The number of ether oxygens (including phenoxy) is 2. The summed E-state index contributed by atoms with van der Waals surface area (Å²) in [7, 11) is 0. The van der Waals surface area contributed by atoms with Gasteiger partial charge in [0.25, 0.3) is 0 Å². The number of alkyl halides is 3. The second kappa shape index (κ2) is 7.87. The number of halogens is 3. The maximum absolute atomic E-state index is 13.3. The molecule has 2 aliphatic heterocycles. The van der Waals surface area contributed by atoms with Crippen LogP contribution in [0.4, 0.5) is 18.9 Å². The Balaban J connectivity index is 1.67. The lowest BCUT2D eigenvalue weighted by Gasteiger charge is -2.17. The summed E-state index contributed by atoms with van der Waals surface area (Å²) in [6.07, 6.45) is -4.40. The number of nitrogens with zero attached hydrogens (tertiary/aromatic N) is 1. The van der Waals surface area contributed by atoms with Crippen molar-refractivity contribution in [1.82, 2.24) is 0 Å². The van der Waals surface area contributed by atoms with Crippen molar-refractivity contribution < 1.29 is 32.2 Å². The zero-order valence-electron chi connectivity index (χ0n) is 17.1. The Morgan fingerprint density at radius 1 is 1.09 bits per heavy atom. The van der Waals surface area contributed by atoms with Crippen LogP contribution in [0.1, 0.15) is 34.1 Å². The zero-order chi connectivity index (χ0) is 23.3. The number of aryl methyl sites for hydroxylation is 1. The molecule has 0 saturated carbocycles. The van der Waals surface area contributed by atoms with Gasteiger partial charge in [-0.1, -0.05) is 6.07 Å². The summed E-state index contributed by atoms with van der Waals surface area (Å²) < 4.78 is 55.9. The minimum atomic E-state index is -4.55. The van der Waals surface area contributed by atoms with Crippen molar-refractivity contribution in [2.75, 3.05) is 6.79 Å². The van der Waals surface area contributed by atoms with Crippen LogP contribution >= 0.6 is 11.8 Å². The van der Waals surface area contributed by atoms with Gasteiger partial charge in [-0.2, -0.15) is 13.2 Å². The fourth-order valence-corrected chi connectivity index (χ4v) is 4.96. The molecule has 0 fully saturated rings. The number of aromatic hydroxyl groups is 1. The molecule has 2 aliphatic rings. The van der Waals surface area contributed by atoms with Crippen LogP contribution < -0.4 is 15.1 Å². The standard InChI is InChI=1S/C23H16F3NO5S/c1-11-6-16(28)21(22(29)32-11)15-9-20(12-2-4-17-18(7-12)31-10-30-17)33-19-5-3-13(23(24,25)26)8-14(19)27-15/h2-8,20,28H,9-10H2,1H3. The van der Waals surface area contributed by atoms with Crippen molar-refractivity contribution in [1.29, 1.82) is 0 Å². The average molecular weight is 475 g/mol. The Labute approximate surface area is 189 Å². The Bertz CT molecular complexity index is 1350. The van der Waals surface area contributed by atoms with Crippen LogP contribution in [0, 0.1) is 6.92 Å². The van der Waals surface area contributed by atoms with Crippen molar-refractivity contribution in [3.8, 4) is 17.2 Å². The average Bonchev–Trinajstić information content (AvgIpc) is 3.12. The van der Waals surface area contributed by atoms with E-state index in [4.69, 9.17) is 13.9 Å². The topological polar surface area (TPSA) is 81.3 Å². The lowest BCUT2D eigenvalue weighted by molar-refractivity contribution is -0.137. The Hall–Kier alpha value is -3.40. The highest BCUT2D eigenvalue weighted by Gasteiger charge is 2.33. The summed E-state index contributed by atoms with van der Waals surface area (Å²) in [5.41, 5.74) is -0.831. The fraction of sp³-hybridized carbons (Fsp3) is 0.217. The predicted molar refractivity (Wildman–Crippen MR) is 115 cm³/mol. The fourth-order valence-electron chi connectivity index (χ4n) is 3.76. The Kier molecular flexibility index (Phi) is 5.12. The second-order valence-electron chi connectivity index (χ2n) is 7.57. The molecule has 1 unspecified atom stereocenters. The number of benzene rings is 2. The van der Waals surface area contributed by atoms with Gasteiger partial charge in [-0.25, -0.2) is 4.79 Å². The van der Waals surface area contributed by atoms with Gasteiger partial charge in [-0.05, 0) is 42.8 Å². The van der Waals surface area contributed by atoms with Crippen LogP contribution in [0.15, 0.2) is 61.6 Å².